The van der Waals surface area contributed by atoms with Gasteiger partial charge >= 0.3 is 5.97 Å². The van der Waals surface area contributed by atoms with Gasteiger partial charge in [-0.2, -0.15) is 0 Å². The van der Waals surface area contributed by atoms with Gasteiger partial charge in [0.05, 0.1) is 6.61 Å². The lowest BCUT2D eigenvalue weighted by Crippen LogP contribution is -2.08. The highest BCUT2D eigenvalue weighted by Crippen LogP contribution is 2.44. The second-order valence-electron chi connectivity index (χ2n) is 4.00. The third-order valence-electron chi connectivity index (χ3n) is 2.65. The van der Waals surface area contributed by atoms with Gasteiger partial charge in [0, 0.05) is 12.0 Å². The van der Waals surface area contributed by atoms with Crippen molar-refractivity contribution >= 4 is 17.3 Å². The van der Waals surface area contributed by atoms with Crippen molar-refractivity contribution in [1.29, 1.82) is 0 Å². The molecule has 5 heteroatoms. The van der Waals surface area contributed by atoms with Crippen molar-refractivity contribution in [2.24, 2.45) is 5.92 Å². The maximum absolute atomic E-state index is 11.5. The van der Waals surface area contributed by atoms with Gasteiger partial charge in [-0.15, -0.1) is 11.3 Å². The van der Waals surface area contributed by atoms with Gasteiger partial charge in [0.1, 0.15) is 11.1 Å². The van der Waals surface area contributed by atoms with Crippen LogP contribution in [0.5, 0.6) is 0 Å². The molecule has 94 valence electrons. The topological polar surface area (TPSA) is 48.4 Å². The van der Waals surface area contributed by atoms with E-state index in [0.717, 1.165) is 5.01 Å². The summed E-state index contributed by atoms with van der Waals surface area (Å²) < 4.78 is 10.6. The second kappa shape index (κ2) is 5.60. The van der Waals surface area contributed by atoms with Crippen LogP contribution < -0.4 is 0 Å². The van der Waals surface area contributed by atoms with Gasteiger partial charge in [0.15, 0.2) is 5.69 Å². The molecule has 1 heterocycles. The number of rotatable bonds is 6. The zero-order valence-electron chi connectivity index (χ0n) is 10.1. The van der Waals surface area contributed by atoms with Crippen molar-refractivity contribution in [3.63, 3.8) is 0 Å². The lowest BCUT2D eigenvalue weighted by atomic mass is 10.2. The number of nitrogens with zero attached hydrogens (tertiary/aromatic N) is 1. The molecule has 1 saturated carbocycles. The molecule has 1 aliphatic carbocycles. The van der Waals surface area contributed by atoms with Crippen LogP contribution in [0.3, 0.4) is 0 Å². The van der Waals surface area contributed by atoms with Crippen molar-refractivity contribution in [1.82, 2.24) is 4.98 Å². The SMILES string of the molecule is CCOC(=O)c1csc(C(OCC)C2CC2)n1. The monoisotopic (exact) mass is 255 g/mol. The second-order valence-corrected chi connectivity index (χ2v) is 4.89. The molecule has 0 radical (unpaired) electrons. The van der Waals surface area contributed by atoms with Gasteiger partial charge in [-0.1, -0.05) is 0 Å². The molecule has 0 N–H and O–H groups in total. The molecule has 1 aliphatic rings. The van der Waals surface area contributed by atoms with Crippen LogP contribution >= 0.6 is 11.3 Å². The molecule has 1 aromatic rings. The number of hydrogen-bond donors (Lipinski definition) is 0. The Morgan fingerprint density at radius 2 is 2.29 bits per heavy atom. The Kier molecular flexibility index (Phi) is 4.12. The number of hydrogen-bond acceptors (Lipinski definition) is 5. The average molecular weight is 255 g/mol. The van der Waals surface area contributed by atoms with E-state index in [2.05, 4.69) is 4.98 Å². The van der Waals surface area contributed by atoms with Crippen molar-refractivity contribution in [2.75, 3.05) is 13.2 Å². The fourth-order valence-electron chi connectivity index (χ4n) is 1.70. The van der Waals surface area contributed by atoms with Crippen molar-refractivity contribution in [2.45, 2.75) is 32.8 Å². The van der Waals surface area contributed by atoms with Gasteiger partial charge < -0.3 is 9.47 Å². The van der Waals surface area contributed by atoms with E-state index in [4.69, 9.17) is 9.47 Å². The summed E-state index contributed by atoms with van der Waals surface area (Å²) in [5.74, 6) is 0.234. The Labute approximate surface area is 105 Å². The number of thiazole rings is 1. The van der Waals surface area contributed by atoms with Crippen LogP contribution in [0, 0.1) is 5.92 Å². The largest absolute Gasteiger partial charge is 0.461 e. The van der Waals surface area contributed by atoms with Crippen molar-refractivity contribution in [3.05, 3.63) is 16.1 Å². The first kappa shape index (κ1) is 12.5. The fraction of sp³-hybridized carbons (Fsp3) is 0.667. The Balaban J connectivity index is 2.07. The van der Waals surface area contributed by atoms with E-state index in [1.54, 1.807) is 12.3 Å². The zero-order valence-corrected chi connectivity index (χ0v) is 11.0. The Morgan fingerprint density at radius 3 is 2.88 bits per heavy atom. The highest BCUT2D eigenvalue weighted by Gasteiger charge is 2.35. The molecular formula is C12H17NO3S. The Hall–Kier alpha value is -0.940. The first-order valence-electron chi connectivity index (χ1n) is 6.00. The lowest BCUT2D eigenvalue weighted by Gasteiger charge is -2.12. The highest BCUT2D eigenvalue weighted by atomic mass is 32.1. The number of carbonyl (C=O) groups excluding carboxylic acids is 1. The van der Waals surface area contributed by atoms with Crippen molar-refractivity contribution < 1.29 is 14.3 Å². The quantitative estimate of drug-likeness (QED) is 0.733. The minimum atomic E-state index is -0.346. The predicted molar refractivity (Wildman–Crippen MR) is 65.2 cm³/mol. The molecule has 4 nitrogen and oxygen atoms in total. The van der Waals surface area contributed by atoms with Crippen LogP contribution in [0.15, 0.2) is 5.38 Å². The van der Waals surface area contributed by atoms with Crippen LogP contribution in [0.1, 0.15) is 48.3 Å². The molecule has 17 heavy (non-hydrogen) atoms. The molecule has 0 amide bonds. The summed E-state index contributed by atoms with van der Waals surface area (Å²) in [6.07, 6.45) is 2.45. The maximum atomic E-state index is 11.5. The van der Waals surface area contributed by atoms with Gasteiger partial charge in [-0.25, -0.2) is 9.78 Å². The van der Waals surface area contributed by atoms with Crippen LogP contribution in [0.25, 0.3) is 0 Å². The van der Waals surface area contributed by atoms with E-state index in [1.807, 2.05) is 6.92 Å². The summed E-state index contributed by atoms with van der Waals surface area (Å²) in [7, 11) is 0. The minimum Gasteiger partial charge on any atom is -0.461 e. The first-order chi connectivity index (χ1) is 8.26. The van der Waals surface area contributed by atoms with Gasteiger partial charge in [-0.3, -0.25) is 0 Å². The molecule has 0 saturated heterocycles. The summed E-state index contributed by atoms with van der Waals surface area (Å²) in [6.45, 7) is 4.83. The van der Waals surface area contributed by atoms with Crippen molar-refractivity contribution in [3.8, 4) is 0 Å². The Morgan fingerprint density at radius 1 is 1.53 bits per heavy atom. The zero-order chi connectivity index (χ0) is 12.3. The molecule has 1 aromatic heterocycles. The van der Waals surface area contributed by atoms with Gasteiger partial charge in [0.25, 0.3) is 0 Å². The lowest BCUT2D eigenvalue weighted by molar-refractivity contribution is 0.0451. The highest BCUT2D eigenvalue weighted by molar-refractivity contribution is 7.09. The van der Waals surface area contributed by atoms with E-state index in [1.165, 1.54) is 24.2 Å². The van der Waals surface area contributed by atoms with Crippen LogP contribution in [0.4, 0.5) is 0 Å². The third kappa shape index (κ3) is 3.04. The van der Waals surface area contributed by atoms with E-state index in [0.29, 0.717) is 24.8 Å². The molecule has 0 aliphatic heterocycles. The molecule has 1 unspecified atom stereocenters. The summed E-state index contributed by atoms with van der Waals surface area (Å²) in [5.41, 5.74) is 0.400. The molecule has 0 bridgehead atoms. The number of carbonyl (C=O) groups is 1. The molecule has 1 fully saturated rings. The molecule has 0 aromatic carbocycles. The van der Waals surface area contributed by atoms with E-state index in [-0.39, 0.29) is 12.1 Å². The van der Waals surface area contributed by atoms with Gasteiger partial charge in [0.2, 0.25) is 0 Å². The molecule has 2 rings (SSSR count). The number of esters is 1. The van der Waals surface area contributed by atoms with Crippen LogP contribution in [0.2, 0.25) is 0 Å². The third-order valence-corrected chi connectivity index (χ3v) is 3.55. The summed E-state index contributed by atoms with van der Waals surface area (Å²) >= 11 is 1.48. The molecule has 0 spiro atoms. The Bertz CT molecular complexity index is 387. The fourth-order valence-corrected chi connectivity index (χ4v) is 2.63. The van der Waals surface area contributed by atoms with Crippen LogP contribution in [-0.2, 0) is 9.47 Å². The normalized spacial score (nSPS) is 16.8. The van der Waals surface area contributed by atoms with E-state index in [9.17, 15) is 4.79 Å². The summed E-state index contributed by atoms with van der Waals surface area (Å²) in [6, 6.07) is 0. The molecule has 1 atom stereocenters. The predicted octanol–water partition coefficient (Wildman–Crippen LogP) is 2.81. The standard InChI is InChI=1S/C12H17NO3S/c1-3-15-10(8-5-6-8)11-13-9(7-17-11)12(14)16-4-2/h7-8,10H,3-6H2,1-2H3. The maximum Gasteiger partial charge on any atom is 0.357 e. The summed E-state index contributed by atoms with van der Waals surface area (Å²) in [5, 5.41) is 2.65. The minimum absolute atomic E-state index is 0.0631. The number of ether oxygens (including phenoxy) is 2. The van der Waals surface area contributed by atoms with Crippen LogP contribution in [-0.4, -0.2) is 24.2 Å². The first-order valence-corrected chi connectivity index (χ1v) is 6.88. The van der Waals surface area contributed by atoms with E-state index >= 15 is 0 Å². The summed E-state index contributed by atoms with van der Waals surface area (Å²) in [4.78, 5) is 15.8. The smallest absolute Gasteiger partial charge is 0.357 e. The average Bonchev–Trinajstić information content (AvgIpc) is 3.03. The molecular weight excluding hydrogens is 238 g/mol. The number of aromatic nitrogens is 1. The van der Waals surface area contributed by atoms with Gasteiger partial charge in [-0.05, 0) is 32.6 Å². The van der Waals surface area contributed by atoms with E-state index < -0.39 is 0 Å².